The molecule has 5 unspecified atom stereocenters. The van der Waals surface area contributed by atoms with Crippen LogP contribution in [0.4, 0.5) is 4.39 Å². The monoisotopic (exact) mass is 411 g/mol. The van der Waals surface area contributed by atoms with E-state index in [1.165, 1.54) is 25.4 Å². The minimum Gasteiger partial charge on any atom is -0.494 e. The SMILES string of the molecule is COc1ccc(Cc2ccncc2OC2SC(CO)C(O)C(O)C2O)cc1F. The Morgan fingerprint density at radius 3 is 2.57 bits per heavy atom. The molecule has 5 atom stereocenters. The first-order valence-corrected chi connectivity index (χ1v) is 9.61. The lowest BCUT2D eigenvalue weighted by atomic mass is 10.0. The molecule has 1 aromatic heterocycles. The molecule has 0 spiro atoms. The zero-order valence-corrected chi connectivity index (χ0v) is 15.9. The van der Waals surface area contributed by atoms with E-state index in [0.29, 0.717) is 23.3 Å². The summed E-state index contributed by atoms with van der Waals surface area (Å²) in [4.78, 5) is 4.02. The zero-order chi connectivity index (χ0) is 20.3. The van der Waals surface area contributed by atoms with Crippen LogP contribution in [-0.2, 0) is 6.42 Å². The molecule has 1 aliphatic heterocycles. The van der Waals surface area contributed by atoms with Crippen molar-refractivity contribution in [2.45, 2.75) is 35.4 Å². The summed E-state index contributed by atoms with van der Waals surface area (Å²) in [5, 5.41) is 38.8. The summed E-state index contributed by atoms with van der Waals surface area (Å²) in [6.07, 6.45) is -0.676. The first kappa shape index (κ1) is 20.8. The molecular formula is C19H22FNO6S. The van der Waals surface area contributed by atoms with Crippen LogP contribution in [0.15, 0.2) is 36.7 Å². The third-order valence-corrected chi connectivity index (χ3v) is 5.99. The topological polar surface area (TPSA) is 112 Å². The van der Waals surface area contributed by atoms with Gasteiger partial charge in [0.25, 0.3) is 0 Å². The van der Waals surface area contributed by atoms with Gasteiger partial charge in [-0.15, -0.1) is 11.8 Å². The average Bonchev–Trinajstić information content (AvgIpc) is 2.70. The van der Waals surface area contributed by atoms with Crippen molar-refractivity contribution in [2.24, 2.45) is 0 Å². The second-order valence-electron chi connectivity index (χ2n) is 6.44. The molecule has 1 aromatic carbocycles. The third-order valence-electron chi connectivity index (χ3n) is 4.57. The van der Waals surface area contributed by atoms with Crippen molar-refractivity contribution in [3.8, 4) is 11.5 Å². The van der Waals surface area contributed by atoms with Crippen LogP contribution in [-0.4, -0.2) is 68.1 Å². The summed E-state index contributed by atoms with van der Waals surface area (Å²) in [5.41, 5.74) is 0.481. The highest BCUT2D eigenvalue weighted by Crippen LogP contribution is 2.35. The molecule has 4 N–H and O–H groups in total. The number of nitrogens with zero attached hydrogens (tertiary/aromatic N) is 1. The fraction of sp³-hybridized carbons (Fsp3) is 0.421. The summed E-state index contributed by atoms with van der Waals surface area (Å²) in [7, 11) is 1.39. The third kappa shape index (κ3) is 4.39. The predicted octanol–water partition coefficient (Wildman–Crippen LogP) is 0.715. The number of thioether (sulfide) groups is 1. The Morgan fingerprint density at radius 2 is 1.89 bits per heavy atom. The number of aromatic nitrogens is 1. The van der Waals surface area contributed by atoms with Gasteiger partial charge in [0.05, 0.1) is 31.3 Å². The fourth-order valence-corrected chi connectivity index (χ4v) is 4.22. The average molecular weight is 411 g/mol. The van der Waals surface area contributed by atoms with Crippen LogP contribution in [0.5, 0.6) is 11.5 Å². The second-order valence-corrected chi connectivity index (χ2v) is 7.79. The van der Waals surface area contributed by atoms with Gasteiger partial charge in [0.1, 0.15) is 18.0 Å². The molecule has 2 aromatic rings. The van der Waals surface area contributed by atoms with Crippen molar-refractivity contribution in [3.63, 3.8) is 0 Å². The van der Waals surface area contributed by atoms with Crippen LogP contribution in [0.2, 0.25) is 0 Å². The van der Waals surface area contributed by atoms with Gasteiger partial charge in [0, 0.05) is 18.2 Å². The summed E-state index contributed by atoms with van der Waals surface area (Å²) < 4.78 is 24.7. The lowest BCUT2D eigenvalue weighted by Gasteiger charge is -2.39. The normalized spacial score (nSPS) is 27.4. The molecule has 7 nitrogen and oxygen atoms in total. The van der Waals surface area contributed by atoms with Crippen LogP contribution in [0.1, 0.15) is 11.1 Å². The van der Waals surface area contributed by atoms with E-state index in [-0.39, 0.29) is 12.4 Å². The van der Waals surface area contributed by atoms with E-state index in [4.69, 9.17) is 9.47 Å². The van der Waals surface area contributed by atoms with Gasteiger partial charge in [-0.2, -0.15) is 0 Å². The quantitative estimate of drug-likeness (QED) is 0.550. The van der Waals surface area contributed by atoms with Gasteiger partial charge < -0.3 is 29.9 Å². The Balaban J connectivity index is 1.79. The Hall–Kier alpha value is -1.91. The van der Waals surface area contributed by atoms with Crippen LogP contribution < -0.4 is 9.47 Å². The molecule has 2 heterocycles. The van der Waals surface area contributed by atoms with Gasteiger partial charge in [-0.25, -0.2) is 4.39 Å². The van der Waals surface area contributed by atoms with Gasteiger partial charge in [-0.1, -0.05) is 6.07 Å². The number of hydrogen-bond acceptors (Lipinski definition) is 8. The van der Waals surface area contributed by atoms with Gasteiger partial charge in [0.15, 0.2) is 17.0 Å². The molecule has 0 aliphatic carbocycles. The standard InChI is InChI=1S/C19H22FNO6S/c1-26-13-3-2-10(7-12(13)20)6-11-4-5-21-8-14(11)27-19-18(25)17(24)16(23)15(9-22)28-19/h2-5,7-8,15-19,22-25H,6,9H2,1H3. The highest BCUT2D eigenvalue weighted by molar-refractivity contribution is 8.00. The maximum absolute atomic E-state index is 14.0. The maximum Gasteiger partial charge on any atom is 0.173 e. The maximum atomic E-state index is 14.0. The number of ether oxygens (including phenoxy) is 2. The molecule has 0 radical (unpaired) electrons. The molecule has 152 valence electrons. The van der Waals surface area contributed by atoms with Gasteiger partial charge in [-0.3, -0.25) is 4.98 Å². The Labute approximate surface area is 165 Å². The van der Waals surface area contributed by atoms with Gasteiger partial charge in [0.2, 0.25) is 0 Å². The van der Waals surface area contributed by atoms with E-state index in [9.17, 15) is 24.8 Å². The number of aliphatic hydroxyl groups excluding tert-OH is 4. The van der Waals surface area contributed by atoms with Crippen molar-refractivity contribution < 1.29 is 34.3 Å². The molecular weight excluding hydrogens is 389 g/mol. The molecule has 3 rings (SSSR count). The lowest BCUT2D eigenvalue weighted by Crippen LogP contribution is -2.55. The zero-order valence-electron chi connectivity index (χ0n) is 15.1. The minimum absolute atomic E-state index is 0.152. The smallest absolute Gasteiger partial charge is 0.173 e. The van der Waals surface area contributed by atoms with E-state index in [2.05, 4.69) is 4.98 Å². The van der Waals surface area contributed by atoms with Crippen molar-refractivity contribution in [2.75, 3.05) is 13.7 Å². The van der Waals surface area contributed by atoms with E-state index in [1.807, 2.05) is 0 Å². The van der Waals surface area contributed by atoms with Crippen molar-refractivity contribution in [1.29, 1.82) is 0 Å². The van der Waals surface area contributed by atoms with E-state index >= 15 is 0 Å². The van der Waals surface area contributed by atoms with Crippen LogP contribution in [0.25, 0.3) is 0 Å². The summed E-state index contributed by atoms with van der Waals surface area (Å²) in [6.45, 7) is -0.375. The number of rotatable bonds is 6. The summed E-state index contributed by atoms with van der Waals surface area (Å²) in [5.74, 6) is 0.0347. The van der Waals surface area contributed by atoms with Crippen LogP contribution in [0.3, 0.4) is 0 Å². The van der Waals surface area contributed by atoms with Crippen molar-refractivity contribution >= 4 is 11.8 Å². The molecule has 0 saturated carbocycles. The molecule has 1 aliphatic rings. The van der Waals surface area contributed by atoms with Crippen LogP contribution in [0, 0.1) is 5.82 Å². The largest absolute Gasteiger partial charge is 0.494 e. The highest BCUT2D eigenvalue weighted by Gasteiger charge is 2.44. The van der Waals surface area contributed by atoms with Crippen molar-refractivity contribution in [1.82, 2.24) is 4.98 Å². The molecule has 9 heteroatoms. The first-order valence-electron chi connectivity index (χ1n) is 8.67. The number of aliphatic hydroxyl groups is 4. The number of benzene rings is 1. The van der Waals surface area contributed by atoms with E-state index in [1.54, 1.807) is 18.3 Å². The molecule has 28 heavy (non-hydrogen) atoms. The van der Waals surface area contributed by atoms with Crippen molar-refractivity contribution in [3.05, 3.63) is 53.6 Å². The lowest BCUT2D eigenvalue weighted by molar-refractivity contribution is -0.0910. The van der Waals surface area contributed by atoms with Gasteiger partial charge in [-0.05, 0) is 23.8 Å². The van der Waals surface area contributed by atoms with Crippen LogP contribution >= 0.6 is 11.8 Å². The molecule has 0 amide bonds. The molecule has 1 saturated heterocycles. The van der Waals surface area contributed by atoms with E-state index < -0.39 is 34.8 Å². The second kappa shape index (κ2) is 9.06. The summed E-state index contributed by atoms with van der Waals surface area (Å²) in [6, 6.07) is 6.36. The Morgan fingerprint density at radius 1 is 1.11 bits per heavy atom. The Kier molecular flexibility index (Phi) is 6.73. The Bertz CT molecular complexity index is 808. The fourth-order valence-electron chi connectivity index (χ4n) is 2.99. The predicted molar refractivity (Wildman–Crippen MR) is 101 cm³/mol. The summed E-state index contributed by atoms with van der Waals surface area (Å²) >= 11 is 1.03. The minimum atomic E-state index is -1.45. The number of hydrogen-bond donors (Lipinski definition) is 4. The van der Waals surface area contributed by atoms with Gasteiger partial charge >= 0.3 is 0 Å². The molecule has 1 fully saturated rings. The number of methoxy groups -OCH3 is 1. The first-order chi connectivity index (χ1) is 13.4. The molecule has 0 bridgehead atoms. The van der Waals surface area contributed by atoms with E-state index in [0.717, 1.165) is 11.8 Å². The number of pyridine rings is 1. The highest BCUT2D eigenvalue weighted by atomic mass is 32.2. The number of halogens is 1.